The van der Waals surface area contributed by atoms with Gasteiger partial charge in [0.05, 0.1) is 7.11 Å². The number of nitrogens with one attached hydrogen (secondary N) is 1. The Kier molecular flexibility index (Phi) is 7.18. The molecule has 2 aromatic rings. The van der Waals surface area contributed by atoms with Crippen LogP contribution >= 0.6 is 11.8 Å². The Morgan fingerprint density at radius 1 is 0.967 bits per heavy atom. The SMILES string of the molecule is COc1ccc(OCCOc2ccc([C@@H]3SC(NC(C)=O)=NN3C(C)=O)cc2)cc1. The predicted octanol–water partition coefficient (Wildman–Crippen LogP) is 3.15. The fourth-order valence-electron chi connectivity index (χ4n) is 2.70. The van der Waals surface area contributed by atoms with Gasteiger partial charge in [-0.1, -0.05) is 23.9 Å². The van der Waals surface area contributed by atoms with E-state index in [4.69, 9.17) is 14.2 Å². The van der Waals surface area contributed by atoms with Crippen molar-refractivity contribution < 1.29 is 23.8 Å². The van der Waals surface area contributed by atoms with Crippen LogP contribution in [0.15, 0.2) is 53.6 Å². The molecule has 0 aromatic heterocycles. The summed E-state index contributed by atoms with van der Waals surface area (Å²) in [4.78, 5) is 23.2. The summed E-state index contributed by atoms with van der Waals surface area (Å²) in [6, 6.07) is 14.8. The van der Waals surface area contributed by atoms with E-state index < -0.39 is 0 Å². The van der Waals surface area contributed by atoms with Crippen LogP contribution in [-0.4, -0.2) is 42.3 Å². The van der Waals surface area contributed by atoms with Gasteiger partial charge < -0.3 is 19.5 Å². The van der Waals surface area contributed by atoms with Gasteiger partial charge in [-0.05, 0) is 42.0 Å². The number of hydrazone groups is 1. The molecular formula is C21H23N3O5S. The normalized spacial score (nSPS) is 15.4. The number of rotatable bonds is 7. The first-order valence-corrected chi connectivity index (χ1v) is 10.2. The second kappa shape index (κ2) is 10.0. The highest BCUT2D eigenvalue weighted by molar-refractivity contribution is 8.14. The van der Waals surface area contributed by atoms with E-state index >= 15 is 0 Å². The number of amidine groups is 1. The van der Waals surface area contributed by atoms with Crippen molar-refractivity contribution in [1.82, 2.24) is 10.3 Å². The van der Waals surface area contributed by atoms with Crippen molar-refractivity contribution in [1.29, 1.82) is 0 Å². The molecular weight excluding hydrogens is 406 g/mol. The van der Waals surface area contributed by atoms with Crippen LogP contribution in [0.25, 0.3) is 0 Å². The van der Waals surface area contributed by atoms with E-state index in [2.05, 4.69) is 10.4 Å². The molecule has 1 aliphatic heterocycles. The molecule has 1 atom stereocenters. The maximum absolute atomic E-state index is 11.9. The largest absolute Gasteiger partial charge is 0.497 e. The Hall–Kier alpha value is -3.20. The van der Waals surface area contributed by atoms with Crippen LogP contribution in [-0.2, 0) is 9.59 Å². The number of thioether (sulfide) groups is 1. The Balaban J connectivity index is 1.51. The van der Waals surface area contributed by atoms with Gasteiger partial charge in [0.2, 0.25) is 11.8 Å². The van der Waals surface area contributed by atoms with Crippen molar-refractivity contribution in [2.24, 2.45) is 5.10 Å². The zero-order chi connectivity index (χ0) is 21.5. The van der Waals surface area contributed by atoms with Crippen molar-refractivity contribution in [3.8, 4) is 17.2 Å². The molecule has 0 spiro atoms. The van der Waals surface area contributed by atoms with E-state index in [0.717, 1.165) is 17.1 Å². The number of ether oxygens (including phenoxy) is 3. The van der Waals surface area contributed by atoms with Gasteiger partial charge in [-0.25, -0.2) is 5.01 Å². The Bertz CT molecular complexity index is 915. The zero-order valence-corrected chi connectivity index (χ0v) is 17.8. The molecule has 0 saturated heterocycles. The van der Waals surface area contributed by atoms with Crippen molar-refractivity contribution in [2.45, 2.75) is 19.2 Å². The fourth-order valence-corrected chi connectivity index (χ4v) is 3.84. The lowest BCUT2D eigenvalue weighted by molar-refractivity contribution is -0.129. The number of carbonyl (C=O) groups excluding carboxylic acids is 2. The van der Waals surface area contributed by atoms with E-state index in [-0.39, 0.29) is 17.2 Å². The molecule has 1 N–H and O–H groups in total. The summed E-state index contributed by atoms with van der Waals surface area (Å²) >= 11 is 1.31. The van der Waals surface area contributed by atoms with E-state index in [1.54, 1.807) is 7.11 Å². The molecule has 158 valence electrons. The molecule has 30 heavy (non-hydrogen) atoms. The summed E-state index contributed by atoms with van der Waals surface area (Å²) in [5.41, 5.74) is 0.876. The Morgan fingerprint density at radius 2 is 1.50 bits per heavy atom. The Morgan fingerprint density at radius 3 is 2.00 bits per heavy atom. The fraction of sp³-hybridized carbons (Fsp3) is 0.286. The first kappa shape index (κ1) is 21.5. The minimum absolute atomic E-state index is 0.205. The maximum atomic E-state index is 11.9. The summed E-state index contributed by atoms with van der Waals surface area (Å²) in [6.45, 7) is 3.63. The molecule has 0 radical (unpaired) electrons. The number of amides is 2. The second-order valence-electron chi connectivity index (χ2n) is 6.36. The molecule has 1 heterocycles. The summed E-state index contributed by atoms with van der Waals surface area (Å²) in [6.07, 6.45) is 0. The third kappa shape index (κ3) is 5.66. The summed E-state index contributed by atoms with van der Waals surface area (Å²) < 4.78 is 16.5. The molecule has 0 aliphatic carbocycles. The van der Waals surface area contributed by atoms with E-state index in [0.29, 0.717) is 24.1 Å². The van der Waals surface area contributed by atoms with Crippen LogP contribution in [0, 0.1) is 0 Å². The van der Waals surface area contributed by atoms with Gasteiger partial charge in [-0.2, -0.15) is 0 Å². The lowest BCUT2D eigenvalue weighted by Crippen LogP contribution is -2.25. The zero-order valence-electron chi connectivity index (χ0n) is 17.0. The molecule has 2 amide bonds. The number of benzene rings is 2. The average molecular weight is 429 g/mol. The minimum Gasteiger partial charge on any atom is -0.497 e. The van der Waals surface area contributed by atoms with E-state index in [1.165, 1.54) is 30.6 Å². The van der Waals surface area contributed by atoms with Crippen LogP contribution in [0.2, 0.25) is 0 Å². The lowest BCUT2D eigenvalue weighted by atomic mass is 10.2. The third-order valence-electron chi connectivity index (χ3n) is 4.10. The number of methoxy groups -OCH3 is 1. The molecule has 2 aromatic carbocycles. The summed E-state index contributed by atoms with van der Waals surface area (Å²) in [5, 5.41) is 8.23. The number of hydrogen-bond acceptors (Lipinski definition) is 7. The highest BCUT2D eigenvalue weighted by Gasteiger charge is 2.32. The van der Waals surface area contributed by atoms with Crippen LogP contribution < -0.4 is 19.5 Å². The number of nitrogens with zero attached hydrogens (tertiary/aromatic N) is 2. The highest BCUT2D eigenvalue weighted by atomic mass is 32.2. The maximum Gasteiger partial charge on any atom is 0.241 e. The van der Waals surface area contributed by atoms with Crippen molar-refractivity contribution in [3.05, 3.63) is 54.1 Å². The molecule has 0 saturated carbocycles. The highest BCUT2D eigenvalue weighted by Crippen LogP contribution is 2.39. The van der Waals surface area contributed by atoms with Gasteiger partial charge in [0.25, 0.3) is 0 Å². The molecule has 1 aliphatic rings. The monoisotopic (exact) mass is 429 g/mol. The van der Waals surface area contributed by atoms with Crippen LogP contribution in [0.5, 0.6) is 17.2 Å². The standard InChI is InChI=1S/C21H23N3O5S/c1-14(25)22-21-23-24(15(2)26)20(30-21)16-4-6-18(7-5-16)28-12-13-29-19-10-8-17(27-3)9-11-19/h4-11,20H,12-13H2,1-3H3,(H,22,23,25)/t20-/m0/s1. The molecule has 0 fully saturated rings. The number of hydrogen-bond donors (Lipinski definition) is 1. The van der Waals surface area contributed by atoms with E-state index in [9.17, 15) is 9.59 Å². The van der Waals surface area contributed by atoms with Crippen molar-refractivity contribution in [3.63, 3.8) is 0 Å². The predicted molar refractivity (Wildman–Crippen MR) is 115 cm³/mol. The number of carbonyl (C=O) groups is 2. The van der Waals surface area contributed by atoms with Crippen molar-refractivity contribution >= 4 is 28.7 Å². The van der Waals surface area contributed by atoms with E-state index in [1.807, 2.05) is 48.5 Å². The first-order chi connectivity index (χ1) is 14.5. The van der Waals surface area contributed by atoms with Crippen LogP contribution in [0.1, 0.15) is 24.8 Å². The first-order valence-electron chi connectivity index (χ1n) is 9.28. The van der Waals surface area contributed by atoms with Crippen LogP contribution in [0.4, 0.5) is 0 Å². The van der Waals surface area contributed by atoms with Gasteiger partial charge in [0.15, 0.2) is 5.17 Å². The average Bonchev–Trinajstić information content (AvgIpc) is 3.15. The Labute approximate surface area is 179 Å². The third-order valence-corrected chi connectivity index (χ3v) is 5.20. The molecule has 9 heteroatoms. The van der Waals surface area contributed by atoms with Gasteiger partial charge >= 0.3 is 0 Å². The summed E-state index contributed by atoms with van der Waals surface area (Å²) in [7, 11) is 1.62. The topological polar surface area (TPSA) is 89.5 Å². The molecule has 8 nitrogen and oxygen atoms in total. The smallest absolute Gasteiger partial charge is 0.241 e. The van der Waals surface area contributed by atoms with Crippen molar-refractivity contribution in [2.75, 3.05) is 20.3 Å². The second-order valence-corrected chi connectivity index (χ2v) is 7.43. The molecule has 0 bridgehead atoms. The van der Waals surface area contributed by atoms with Gasteiger partial charge in [0.1, 0.15) is 35.8 Å². The summed E-state index contributed by atoms with van der Waals surface area (Å²) in [5.74, 6) is 1.77. The van der Waals surface area contributed by atoms with Gasteiger partial charge in [-0.3, -0.25) is 9.59 Å². The van der Waals surface area contributed by atoms with Gasteiger partial charge in [0, 0.05) is 13.8 Å². The minimum atomic E-state index is -0.336. The lowest BCUT2D eigenvalue weighted by Gasteiger charge is -2.19. The molecule has 0 unspecified atom stereocenters. The van der Waals surface area contributed by atoms with Crippen LogP contribution in [0.3, 0.4) is 0 Å². The van der Waals surface area contributed by atoms with Gasteiger partial charge in [-0.15, -0.1) is 5.10 Å². The molecule has 3 rings (SSSR count). The quantitative estimate of drug-likeness (QED) is 0.680.